The standard InChI is InChI=1S/C13H20N2O/c1-15(10-9-14)13(7-8-13)11-3-5-12(16-2)6-4-11/h3-6H,7-10,14H2,1-2H3. The minimum Gasteiger partial charge on any atom is -0.497 e. The first-order valence-corrected chi connectivity index (χ1v) is 5.79. The van der Waals surface area contributed by atoms with Gasteiger partial charge in [0.05, 0.1) is 7.11 Å². The lowest BCUT2D eigenvalue weighted by Gasteiger charge is -2.28. The molecule has 16 heavy (non-hydrogen) atoms. The van der Waals surface area contributed by atoms with Crippen LogP contribution in [0.3, 0.4) is 0 Å². The zero-order valence-electron chi connectivity index (χ0n) is 10.1. The van der Waals surface area contributed by atoms with Crippen LogP contribution in [0.1, 0.15) is 18.4 Å². The fourth-order valence-corrected chi connectivity index (χ4v) is 2.32. The number of benzene rings is 1. The van der Waals surface area contributed by atoms with Gasteiger partial charge >= 0.3 is 0 Å². The van der Waals surface area contributed by atoms with Gasteiger partial charge in [0.1, 0.15) is 5.75 Å². The van der Waals surface area contributed by atoms with Gasteiger partial charge in [-0.05, 0) is 37.6 Å². The van der Waals surface area contributed by atoms with Crippen molar-refractivity contribution in [3.63, 3.8) is 0 Å². The van der Waals surface area contributed by atoms with Crippen LogP contribution in [0.5, 0.6) is 5.75 Å². The molecule has 0 radical (unpaired) electrons. The molecular formula is C13H20N2O. The molecular weight excluding hydrogens is 200 g/mol. The third-order valence-electron chi connectivity index (χ3n) is 3.55. The number of hydrogen-bond acceptors (Lipinski definition) is 3. The van der Waals surface area contributed by atoms with Gasteiger partial charge in [-0.2, -0.15) is 0 Å². The summed E-state index contributed by atoms with van der Waals surface area (Å²) in [5.74, 6) is 0.918. The van der Waals surface area contributed by atoms with Crippen molar-refractivity contribution in [2.75, 3.05) is 27.2 Å². The smallest absolute Gasteiger partial charge is 0.118 e. The maximum Gasteiger partial charge on any atom is 0.118 e. The van der Waals surface area contributed by atoms with E-state index in [4.69, 9.17) is 10.5 Å². The lowest BCUT2D eigenvalue weighted by molar-refractivity contribution is 0.229. The van der Waals surface area contributed by atoms with E-state index in [1.165, 1.54) is 18.4 Å². The van der Waals surface area contributed by atoms with Crippen molar-refractivity contribution in [3.8, 4) is 5.75 Å². The van der Waals surface area contributed by atoms with Gasteiger partial charge in [-0.25, -0.2) is 0 Å². The molecule has 0 atom stereocenters. The van der Waals surface area contributed by atoms with E-state index in [2.05, 4.69) is 24.1 Å². The fraction of sp³-hybridized carbons (Fsp3) is 0.538. The minimum absolute atomic E-state index is 0.242. The molecule has 1 aliphatic carbocycles. The molecule has 88 valence electrons. The maximum absolute atomic E-state index is 5.62. The lowest BCUT2D eigenvalue weighted by atomic mass is 10.0. The van der Waals surface area contributed by atoms with Crippen molar-refractivity contribution in [3.05, 3.63) is 29.8 Å². The highest BCUT2D eigenvalue weighted by Gasteiger charge is 2.47. The molecule has 0 bridgehead atoms. The Labute approximate surface area is 97.2 Å². The van der Waals surface area contributed by atoms with Gasteiger partial charge in [0, 0.05) is 18.6 Å². The van der Waals surface area contributed by atoms with Crippen molar-refractivity contribution < 1.29 is 4.74 Å². The number of rotatable bonds is 5. The van der Waals surface area contributed by atoms with Crippen LogP contribution < -0.4 is 10.5 Å². The summed E-state index contributed by atoms with van der Waals surface area (Å²) in [6.45, 7) is 1.67. The third-order valence-corrected chi connectivity index (χ3v) is 3.55. The molecule has 2 rings (SSSR count). The first kappa shape index (κ1) is 11.4. The lowest BCUT2D eigenvalue weighted by Crippen LogP contribution is -2.35. The topological polar surface area (TPSA) is 38.5 Å². The molecule has 0 unspecified atom stereocenters. The molecule has 0 aromatic heterocycles. The second-order valence-electron chi connectivity index (χ2n) is 4.47. The summed E-state index contributed by atoms with van der Waals surface area (Å²) in [4.78, 5) is 2.37. The van der Waals surface area contributed by atoms with Gasteiger partial charge in [-0.3, -0.25) is 4.90 Å². The molecule has 3 heteroatoms. The van der Waals surface area contributed by atoms with E-state index in [1.807, 2.05) is 12.1 Å². The Hall–Kier alpha value is -1.06. The summed E-state index contributed by atoms with van der Waals surface area (Å²) in [5.41, 5.74) is 7.24. The number of nitrogens with two attached hydrogens (primary N) is 1. The Morgan fingerprint density at radius 3 is 2.38 bits per heavy atom. The van der Waals surface area contributed by atoms with Crippen LogP contribution in [-0.4, -0.2) is 32.1 Å². The second kappa shape index (κ2) is 4.44. The second-order valence-corrected chi connectivity index (χ2v) is 4.47. The Bertz CT molecular complexity index is 343. The molecule has 1 aromatic carbocycles. The summed E-state index contributed by atoms with van der Waals surface area (Å²) < 4.78 is 5.18. The SMILES string of the molecule is COc1ccc(C2(N(C)CCN)CC2)cc1. The molecule has 0 heterocycles. The zero-order valence-corrected chi connectivity index (χ0v) is 10.1. The van der Waals surface area contributed by atoms with E-state index in [0.717, 1.165) is 12.3 Å². The fourth-order valence-electron chi connectivity index (χ4n) is 2.32. The molecule has 1 fully saturated rings. The summed E-state index contributed by atoms with van der Waals surface area (Å²) in [7, 11) is 3.85. The normalized spacial score (nSPS) is 17.5. The molecule has 0 aliphatic heterocycles. The van der Waals surface area contributed by atoms with Gasteiger partial charge in [-0.1, -0.05) is 12.1 Å². The molecule has 2 N–H and O–H groups in total. The Balaban J connectivity index is 2.16. The van der Waals surface area contributed by atoms with E-state index in [9.17, 15) is 0 Å². The third kappa shape index (κ3) is 1.93. The van der Waals surface area contributed by atoms with Gasteiger partial charge in [0.2, 0.25) is 0 Å². The Morgan fingerprint density at radius 1 is 1.31 bits per heavy atom. The van der Waals surface area contributed by atoms with Crippen LogP contribution >= 0.6 is 0 Å². The monoisotopic (exact) mass is 220 g/mol. The quantitative estimate of drug-likeness (QED) is 0.818. The molecule has 0 spiro atoms. The molecule has 0 saturated heterocycles. The summed E-state index contributed by atoms with van der Waals surface area (Å²) in [5, 5.41) is 0. The molecule has 0 amide bonds. The van der Waals surface area contributed by atoms with Crippen molar-refractivity contribution in [1.29, 1.82) is 0 Å². The Kier molecular flexibility index (Phi) is 3.17. The van der Waals surface area contributed by atoms with E-state index in [0.29, 0.717) is 6.54 Å². The molecule has 1 saturated carbocycles. The largest absolute Gasteiger partial charge is 0.497 e. The average molecular weight is 220 g/mol. The van der Waals surface area contributed by atoms with Crippen LogP contribution in [0.2, 0.25) is 0 Å². The van der Waals surface area contributed by atoms with E-state index >= 15 is 0 Å². The first-order chi connectivity index (χ1) is 7.73. The van der Waals surface area contributed by atoms with Gasteiger partial charge in [0.15, 0.2) is 0 Å². The summed E-state index contributed by atoms with van der Waals surface area (Å²) >= 11 is 0. The number of methoxy groups -OCH3 is 1. The van der Waals surface area contributed by atoms with Crippen LogP contribution in [0.25, 0.3) is 0 Å². The van der Waals surface area contributed by atoms with Gasteiger partial charge in [-0.15, -0.1) is 0 Å². The van der Waals surface area contributed by atoms with Crippen LogP contribution in [0.15, 0.2) is 24.3 Å². The van der Waals surface area contributed by atoms with Crippen molar-refractivity contribution in [2.24, 2.45) is 5.73 Å². The van der Waals surface area contributed by atoms with E-state index in [-0.39, 0.29) is 5.54 Å². The number of nitrogens with zero attached hydrogens (tertiary/aromatic N) is 1. The summed E-state index contributed by atoms with van der Waals surface area (Å²) in [6, 6.07) is 8.40. The minimum atomic E-state index is 0.242. The van der Waals surface area contributed by atoms with Crippen LogP contribution in [0, 0.1) is 0 Å². The van der Waals surface area contributed by atoms with Crippen LogP contribution in [-0.2, 0) is 5.54 Å². The summed E-state index contributed by atoms with van der Waals surface area (Å²) in [6.07, 6.45) is 2.46. The first-order valence-electron chi connectivity index (χ1n) is 5.79. The van der Waals surface area contributed by atoms with Crippen molar-refractivity contribution in [2.45, 2.75) is 18.4 Å². The zero-order chi connectivity index (χ0) is 11.6. The average Bonchev–Trinajstić information content (AvgIpc) is 3.11. The highest BCUT2D eigenvalue weighted by molar-refractivity contribution is 5.35. The van der Waals surface area contributed by atoms with Crippen LogP contribution in [0.4, 0.5) is 0 Å². The van der Waals surface area contributed by atoms with E-state index < -0.39 is 0 Å². The molecule has 1 aliphatic rings. The highest BCUT2D eigenvalue weighted by atomic mass is 16.5. The van der Waals surface area contributed by atoms with E-state index in [1.54, 1.807) is 7.11 Å². The Morgan fingerprint density at radius 2 is 1.94 bits per heavy atom. The predicted octanol–water partition coefficient (Wildman–Crippen LogP) is 1.57. The highest BCUT2D eigenvalue weighted by Crippen LogP contribution is 2.50. The number of hydrogen-bond donors (Lipinski definition) is 1. The number of likely N-dealkylation sites (N-methyl/N-ethyl adjacent to an activating group) is 1. The predicted molar refractivity (Wildman–Crippen MR) is 65.6 cm³/mol. The van der Waals surface area contributed by atoms with Gasteiger partial charge in [0.25, 0.3) is 0 Å². The molecule has 3 nitrogen and oxygen atoms in total. The number of ether oxygens (including phenoxy) is 1. The van der Waals surface area contributed by atoms with Gasteiger partial charge < -0.3 is 10.5 Å². The molecule has 1 aromatic rings. The van der Waals surface area contributed by atoms with Crippen molar-refractivity contribution >= 4 is 0 Å². The van der Waals surface area contributed by atoms with Crippen molar-refractivity contribution in [1.82, 2.24) is 4.90 Å². The maximum atomic E-state index is 5.62.